The van der Waals surface area contributed by atoms with E-state index in [4.69, 9.17) is 22.9 Å². The van der Waals surface area contributed by atoms with Crippen LogP contribution in [-0.2, 0) is 0 Å². The SMILES string of the molecule is CCC(N)(CN)C(N)CN. The predicted octanol–water partition coefficient (Wildman–Crippen LogP) is -1.66. The van der Waals surface area contributed by atoms with Gasteiger partial charge in [0.1, 0.15) is 0 Å². The molecule has 0 aliphatic rings. The van der Waals surface area contributed by atoms with Gasteiger partial charge in [0.25, 0.3) is 0 Å². The van der Waals surface area contributed by atoms with Crippen LogP contribution in [0.25, 0.3) is 0 Å². The van der Waals surface area contributed by atoms with Crippen molar-refractivity contribution < 1.29 is 0 Å². The zero-order valence-corrected chi connectivity index (χ0v) is 6.51. The second-order valence-corrected chi connectivity index (χ2v) is 2.63. The maximum Gasteiger partial charge on any atom is 0.0441 e. The van der Waals surface area contributed by atoms with Gasteiger partial charge in [-0.05, 0) is 6.42 Å². The van der Waals surface area contributed by atoms with Crippen LogP contribution in [0.1, 0.15) is 13.3 Å². The Bertz CT molecular complexity index is 89.7. The van der Waals surface area contributed by atoms with Crippen LogP contribution < -0.4 is 22.9 Å². The van der Waals surface area contributed by atoms with Crippen molar-refractivity contribution in [3.63, 3.8) is 0 Å². The lowest BCUT2D eigenvalue weighted by molar-refractivity contribution is 0.344. The van der Waals surface area contributed by atoms with Gasteiger partial charge in [-0.15, -0.1) is 0 Å². The average molecular weight is 146 g/mol. The highest BCUT2D eigenvalue weighted by Crippen LogP contribution is 2.06. The van der Waals surface area contributed by atoms with Crippen molar-refractivity contribution in [1.82, 2.24) is 0 Å². The van der Waals surface area contributed by atoms with Crippen molar-refractivity contribution in [2.24, 2.45) is 22.9 Å². The van der Waals surface area contributed by atoms with Crippen molar-refractivity contribution in [3.8, 4) is 0 Å². The lowest BCUT2D eigenvalue weighted by Crippen LogP contribution is -2.62. The van der Waals surface area contributed by atoms with Crippen LogP contribution >= 0.6 is 0 Å². The first-order chi connectivity index (χ1) is 4.60. The quantitative estimate of drug-likeness (QED) is 0.381. The predicted molar refractivity (Wildman–Crippen MR) is 43.3 cm³/mol. The van der Waals surface area contributed by atoms with Crippen LogP contribution in [0.5, 0.6) is 0 Å². The number of hydrogen-bond donors (Lipinski definition) is 4. The minimum Gasteiger partial charge on any atom is -0.329 e. The Balaban J connectivity index is 4.02. The molecule has 0 fully saturated rings. The fourth-order valence-electron chi connectivity index (χ4n) is 0.793. The molecule has 0 saturated heterocycles. The first-order valence-electron chi connectivity index (χ1n) is 3.55. The van der Waals surface area contributed by atoms with Gasteiger partial charge in [-0.1, -0.05) is 6.92 Å². The topological polar surface area (TPSA) is 104 Å². The molecule has 4 nitrogen and oxygen atoms in total. The van der Waals surface area contributed by atoms with Crippen molar-refractivity contribution >= 4 is 0 Å². The van der Waals surface area contributed by atoms with Crippen LogP contribution in [0.3, 0.4) is 0 Å². The minimum atomic E-state index is -0.477. The van der Waals surface area contributed by atoms with E-state index in [1.807, 2.05) is 6.92 Å². The second kappa shape index (κ2) is 3.88. The smallest absolute Gasteiger partial charge is 0.0441 e. The normalized spacial score (nSPS) is 20.1. The van der Waals surface area contributed by atoms with Crippen molar-refractivity contribution in [2.75, 3.05) is 13.1 Å². The van der Waals surface area contributed by atoms with Crippen LogP contribution in [0, 0.1) is 0 Å². The molecule has 2 unspecified atom stereocenters. The van der Waals surface area contributed by atoms with Gasteiger partial charge in [-0.3, -0.25) is 0 Å². The van der Waals surface area contributed by atoms with E-state index >= 15 is 0 Å². The molecule has 0 heterocycles. The molecule has 62 valence electrons. The zero-order chi connectivity index (χ0) is 8.20. The Morgan fingerprint density at radius 2 is 1.90 bits per heavy atom. The first-order valence-corrected chi connectivity index (χ1v) is 3.55. The summed E-state index contributed by atoms with van der Waals surface area (Å²) in [5, 5.41) is 0. The van der Waals surface area contributed by atoms with E-state index < -0.39 is 5.54 Å². The highest BCUT2D eigenvalue weighted by atomic mass is 14.9. The summed E-state index contributed by atoms with van der Waals surface area (Å²) in [6, 6.07) is -0.192. The molecule has 0 aromatic heterocycles. The molecule has 0 amide bonds. The second-order valence-electron chi connectivity index (χ2n) is 2.63. The standard InChI is InChI=1S/C6H18N4/c1-2-6(10,4-8)5(9)3-7/h5H,2-4,7-10H2,1H3. The molecular weight excluding hydrogens is 128 g/mol. The maximum atomic E-state index is 5.82. The molecule has 2 atom stereocenters. The highest BCUT2D eigenvalue weighted by molar-refractivity contribution is 4.94. The van der Waals surface area contributed by atoms with Gasteiger partial charge in [-0.2, -0.15) is 0 Å². The third-order valence-corrected chi connectivity index (χ3v) is 2.03. The Hall–Kier alpha value is -0.160. The van der Waals surface area contributed by atoms with Gasteiger partial charge in [0.15, 0.2) is 0 Å². The Labute approximate surface area is 61.9 Å². The molecule has 0 saturated carbocycles. The third-order valence-electron chi connectivity index (χ3n) is 2.03. The molecular formula is C6H18N4. The van der Waals surface area contributed by atoms with E-state index in [0.29, 0.717) is 13.1 Å². The maximum absolute atomic E-state index is 5.82. The van der Waals surface area contributed by atoms with Crippen LogP contribution in [-0.4, -0.2) is 24.7 Å². The molecule has 0 bridgehead atoms. The van der Waals surface area contributed by atoms with Crippen LogP contribution in [0.15, 0.2) is 0 Å². The fourth-order valence-corrected chi connectivity index (χ4v) is 0.793. The number of nitrogens with two attached hydrogens (primary N) is 4. The number of rotatable bonds is 4. The summed E-state index contributed by atoms with van der Waals surface area (Å²) in [4.78, 5) is 0. The summed E-state index contributed by atoms with van der Waals surface area (Å²) in [7, 11) is 0. The molecule has 0 rings (SSSR count). The number of hydrogen-bond acceptors (Lipinski definition) is 4. The van der Waals surface area contributed by atoms with Gasteiger partial charge in [0.2, 0.25) is 0 Å². The Morgan fingerprint density at radius 1 is 1.40 bits per heavy atom. The Kier molecular flexibility index (Phi) is 3.81. The molecule has 4 heteroatoms. The zero-order valence-electron chi connectivity index (χ0n) is 6.51. The van der Waals surface area contributed by atoms with E-state index in [-0.39, 0.29) is 6.04 Å². The third kappa shape index (κ3) is 1.91. The first kappa shape index (κ1) is 9.84. The van der Waals surface area contributed by atoms with E-state index in [2.05, 4.69) is 0 Å². The van der Waals surface area contributed by atoms with E-state index in [9.17, 15) is 0 Å². The van der Waals surface area contributed by atoms with Gasteiger partial charge in [0.05, 0.1) is 0 Å². The van der Waals surface area contributed by atoms with Gasteiger partial charge >= 0.3 is 0 Å². The van der Waals surface area contributed by atoms with E-state index in [0.717, 1.165) is 6.42 Å². The van der Waals surface area contributed by atoms with Crippen molar-refractivity contribution in [3.05, 3.63) is 0 Å². The fraction of sp³-hybridized carbons (Fsp3) is 1.00. The van der Waals surface area contributed by atoms with E-state index in [1.54, 1.807) is 0 Å². The average Bonchev–Trinajstić information content (AvgIpc) is 2.01. The molecule has 0 radical (unpaired) electrons. The summed E-state index contributed by atoms with van der Waals surface area (Å²) in [5.74, 6) is 0. The minimum absolute atomic E-state index is 0.192. The molecule has 0 aliphatic heterocycles. The van der Waals surface area contributed by atoms with Crippen LogP contribution in [0.4, 0.5) is 0 Å². The molecule has 0 spiro atoms. The summed E-state index contributed by atoms with van der Waals surface area (Å²) in [6.07, 6.45) is 0.766. The van der Waals surface area contributed by atoms with E-state index in [1.165, 1.54) is 0 Å². The summed E-state index contributed by atoms with van der Waals surface area (Å²) in [5.41, 5.74) is 21.8. The molecule has 0 aromatic carbocycles. The lowest BCUT2D eigenvalue weighted by atomic mass is 9.89. The van der Waals surface area contributed by atoms with Crippen molar-refractivity contribution in [2.45, 2.75) is 24.9 Å². The monoisotopic (exact) mass is 146 g/mol. The summed E-state index contributed by atoms with van der Waals surface area (Å²) >= 11 is 0. The summed E-state index contributed by atoms with van der Waals surface area (Å²) in [6.45, 7) is 2.74. The highest BCUT2D eigenvalue weighted by Gasteiger charge is 2.27. The Morgan fingerprint density at radius 3 is 2.00 bits per heavy atom. The lowest BCUT2D eigenvalue weighted by Gasteiger charge is -2.32. The summed E-state index contributed by atoms with van der Waals surface area (Å²) < 4.78 is 0. The van der Waals surface area contributed by atoms with Gasteiger partial charge < -0.3 is 22.9 Å². The largest absolute Gasteiger partial charge is 0.329 e. The van der Waals surface area contributed by atoms with Crippen molar-refractivity contribution in [1.29, 1.82) is 0 Å². The molecule has 10 heavy (non-hydrogen) atoms. The van der Waals surface area contributed by atoms with Gasteiger partial charge in [0, 0.05) is 24.7 Å². The molecule has 0 aliphatic carbocycles. The van der Waals surface area contributed by atoms with Crippen LogP contribution in [0.2, 0.25) is 0 Å². The molecule has 8 N–H and O–H groups in total. The molecule has 0 aromatic rings. The van der Waals surface area contributed by atoms with Gasteiger partial charge in [-0.25, -0.2) is 0 Å².